The molecule has 2 aromatic carbocycles. The van der Waals surface area contributed by atoms with Gasteiger partial charge < -0.3 is 20.5 Å². The molecule has 0 saturated heterocycles. The van der Waals surface area contributed by atoms with Gasteiger partial charge in [-0.15, -0.1) is 0 Å². The number of carbonyl (C=O) groups excluding carboxylic acids is 2. The number of amides is 1. The Bertz CT molecular complexity index is 897. The van der Waals surface area contributed by atoms with E-state index < -0.39 is 22.9 Å². The summed E-state index contributed by atoms with van der Waals surface area (Å²) in [5, 5.41) is 13.6. The van der Waals surface area contributed by atoms with Gasteiger partial charge in [-0.05, 0) is 37.6 Å². The van der Waals surface area contributed by atoms with E-state index in [0.717, 1.165) is 0 Å². The third-order valence-electron chi connectivity index (χ3n) is 3.86. The minimum Gasteiger partial charge on any atom is -0.496 e. The Kier molecular flexibility index (Phi) is 5.96. The number of benzene rings is 2. The number of nitro groups is 1. The van der Waals surface area contributed by atoms with Gasteiger partial charge in [0.2, 0.25) is 0 Å². The summed E-state index contributed by atoms with van der Waals surface area (Å²) in [6.07, 6.45) is -1.20. The minimum atomic E-state index is -1.20. The molecular weight excluding hydrogens is 354 g/mol. The van der Waals surface area contributed by atoms with Crippen molar-refractivity contribution in [2.75, 3.05) is 18.2 Å². The van der Waals surface area contributed by atoms with Crippen LogP contribution in [0.15, 0.2) is 36.4 Å². The molecular formula is C18H19N3O6. The first-order chi connectivity index (χ1) is 12.7. The van der Waals surface area contributed by atoms with Gasteiger partial charge in [0.15, 0.2) is 6.10 Å². The van der Waals surface area contributed by atoms with Crippen LogP contribution in [0.2, 0.25) is 0 Å². The Morgan fingerprint density at radius 1 is 1.26 bits per heavy atom. The topological polar surface area (TPSA) is 134 Å². The number of nitrogens with one attached hydrogen (secondary N) is 1. The van der Waals surface area contributed by atoms with Crippen LogP contribution in [0.25, 0.3) is 0 Å². The number of hydrogen-bond acceptors (Lipinski definition) is 7. The Balaban J connectivity index is 2.13. The lowest BCUT2D eigenvalue weighted by Gasteiger charge is -2.15. The Labute approximate surface area is 155 Å². The number of esters is 1. The lowest BCUT2D eigenvalue weighted by molar-refractivity contribution is -0.384. The Morgan fingerprint density at radius 3 is 2.59 bits per heavy atom. The maximum absolute atomic E-state index is 12.3. The molecule has 142 valence electrons. The second-order valence-corrected chi connectivity index (χ2v) is 5.71. The van der Waals surface area contributed by atoms with Gasteiger partial charge >= 0.3 is 5.97 Å². The van der Waals surface area contributed by atoms with Crippen LogP contribution in [0.1, 0.15) is 22.8 Å². The van der Waals surface area contributed by atoms with Gasteiger partial charge in [0.25, 0.3) is 11.6 Å². The van der Waals surface area contributed by atoms with Crippen molar-refractivity contribution in [2.45, 2.75) is 20.0 Å². The first-order valence-corrected chi connectivity index (χ1v) is 7.94. The number of aryl methyl sites for hydroxylation is 1. The molecule has 2 aromatic rings. The van der Waals surface area contributed by atoms with E-state index in [4.69, 9.17) is 15.2 Å². The summed E-state index contributed by atoms with van der Waals surface area (Å²) in [5.41, 5.74) is 6.58. The molecule has 27 heavy (non-hydrogen) atoms. The van der Waals surface area contributed by atoms with Crippen molar-refractivity contribution >= 4 is 28.9 Å². The first-order valence-electron chi connectivity index (χ1n) is 7.94. The van der Waals surface area contributed by atoms with Gasteiger partial charge in [0.1, 0.15) is 11.4 Å². The molecule has 0 radical (unpaired) electrons. The summed E-state index contributed by atoms with van der Waals surface area (Å²) < 4.78 is 10.1. The summed E-state index contributed by atoms with van der Waals surface area (Å²) in [5.74, 6) is -1.21. The molecule has 9 heteroatoms. The Hall–Kier alpha value is -3.62. The summed E-state index contributed by atoms with van der Waals surface area (Å²) in [6.45, 7) is 3.10. The normalized spacial score (nSPS) is 11.4. The average Bonchev–Trinajstić information content (AvgIpc) is 2.63. The maximum atomic E-state index is 12.3. The number of rotatable bonds is 6. The fraction of sp³-hybridized carbons (Fsp3) is 0.222. The molecule has 0 bridgehead atoms. The Morgan fingerprint density at radius 2 is 1.96 bits per heavy atom. The van der Waals surface area contributed by atoms with Crippen LogP contribution >= 0.6 is 0 Å². The van der Waals surface area contributed by atoms with Crippen LogP contribution in [0.5, 0.6) is 5.75 Å². The average molecular weight is 373 g/mol. The second kappa shape index (κ2) is 8.17. The highest BCUT2D eigenvalue weighted by Gasteiger charge is 2.24. The van der Waals surface area contributed by atoms with E-state index in [-0.39, 0.29) is 28.4 Å². The molecule has 2 rings (SSSR count). The molecule has 9 nitrogen and oxygen atoms in total. The molecule has 0 aliphatic rings. The van der Waals surface area contributed by atoms with E-state index in [1.807, 2.05) is 0 Å². The van der Waals surface area contributed by atoms with Crippen molar-refractivity contribution in [3.05, 3.63) is 57.6 Å². The van der Waals surface area contributed by atoms with Gasteiger partial charge in [-0.3, -0.25) is 14.9 Å². The quantitative estimate of drug-likeness (QED) is 0.344. The molecule has 1 amide bonds. The molecule has 0 aliphatic carbocycles. The highest BCUT2D eigenvalue weighted by molar-refractivity contribution is 6.00. The van der Waals surface area contributed by atoms with E-state index in [1.54, 1.807) is 19.1 Å². The highest BCUT2D eigenvalue weighted by Crippen LogP contribution is 2.29. The molecule has 0 fully saturated rings. The van der Waals surface area contributed by atoms with Crippen molar-refractivity contribution < 1.29 is 24.0 Å². The third-order valence-corrected chi connectivity index (χ3v) is 3.86. The number of hydrogen-bond donors (Lipinski definition) is 2. The van der Waals surface area contributed by atoms with Gasteiger partial charge in [-0.25, -0.2) is 4.79 Å². The van der Waals surface area contributed by atoms with E-state index in [2.05, 4.69) is 5.32 Å². The standard InChI is InChI=1S/C18H19N3O6/c1-10-5-4-6-13(16(10)19)18(23)27-11(2)17(22)20-14-8-7-12(26-3)9-15(14)21(24)25/h4-9,11H,19H2,1-3H3,(H,20,22)/t11-/m1/s1. The molecule has 3 N–H and O–H groups in total. The molecule has 0 aromatic heterocycles. The number of nitrogens with two attached hydrogens (primary N) is 1. The van der Waals surface area contributed by atoms with Crippen LogP contribution < -0.4 is 15.8 Å². The van der Waals surface area contributed by atoms with E-state index in [1.165, 1.54) is 38.3 Å². The van der Waals surface area contributed by atoms with E-state index in [0.29, 0.717) is 5.56 Å². The van der Waals surface area contributed by atoms with Crippen molar-refractivity contribution in [1.29, 1.82) is 0 Å². The SMILES string of the molecule is COc1ccc(NC(=O)[C@@H](C)OC(=O)c2cccc(C)c2N)c([N+](=O)[O-])c1. The van der Waals surface area contributed by atoms with E-state index in [9.17, 15) is 19.7 Å². The zero-order valence-electron chi connectivity index (χ0n) is 15.0. The zero-order chi connectivity index (χ0) is 20.1. The number of nitrogens with zero attached hydrogens (tertiary/aromatic N) is 1. The van der Waals surface area contributed by atoms with Crippen LogP contribution in [-0.2, 0) is 9.53 Å². The minimum absolute atomic E-state index is 0.0382. The molecule has 0 aliphatic heterocycles. The fourth-order valence-electron chi connectivity index (χ4n) is 2.27. The van der Waals surface area contributed by atoms with Gasteiger partial charge in [0.05, 0.1) is 23.7 Å². The number of nitrogen functional groups attached to an aromatic ring is 1. The van der Waals surface area contributed by atoms with Crippen LogP contribution in [0.4, 0.5) is 17.1 Å². The van der Waals surface area contributed by atoms with Crippen molar-refractivity contribution in [3.63, 3.8) is 0 Å². The molecule has 0 spiro atoms. The molecule has 0 saturated carbocycles. The summed E-state index contributed by atoms with van der Waals surface area (Å²) in [7, 11) is 1.37. The van der Waals surface area contributed by atoms with Crippen LogP contribution in [-0.4, -0.2) is 30.0 Å². The predicted octanol–water partition coefficient (Wildman–Crippen LogP) is 2.68. The van der Waals surface area contributed by atoms with Crippen LogP contribution in [0.3, 0.4) is 0 Å². The predicted molar refractivity (Wildman–Crippen MR) is 98.7 cm³/mol. The largest absolute Gasteiger partial charge is 0.496 e. The third kappa shape index (κ3) is 4.51. The number of methoxy groups -OCH3 is 1. The molecule has 0 unspecified atom stereocenters. The van der Waals surface area contributed by atoms with Gasteiger partial charge in [0, 0.05) is 5.69 Å². The fourth-order valence-corrected chi connectivity index (χ4v) is 2.27. The molecule has 0 heterocycles. The van der Waals surface area contributed by atoms with Gasteiger partial charge in [-0.2, -0.15) is 0 Å². The lowest BCUT2D eigenvalue weighted by atomic mass is 10.1. The molecule has 1 atom stereocenters. The van der Waals surface area contributed by atoms with Crippen LogP contribution in [0, 0.1) is 17.0 Å². The number of ether oxygens (including phenoxy) is 2. The zero-order valence-corrected chi connectivity index (χ0v) is 15.0. The van der Waals surface area contributed by atoms with Crippen molar-refractivity contribution in [3.8, 4) is 5.75 Å². The number of carbonyl (C=O) groups is 2. The first kappa shape index (κ1) is 19.7. The maximum Gasteiger partial charge on any atom is 0.341 e. The van der Waals surface area contributed by atoms with E-state index >= 15 is 0 Å². The monoisotopic (exact) mass is 373 g/mol. The van der Waals surface area contributed by atoms with Gasteiger partial charge in [-0.1, -0.05) is 12.1 Å². The van der Waals surface area contributed by atoms with Crippen molar-refractivity contribution in [2.24, 2.45) is 0 Å². The lowest BCUT2D eigenvalue weighted by Crippen LogP contribution is -2.30. The summed E-state index contributed by atoms with van der Waals surface area (Å²) >= 11 is 0. The smallest absolute Gasteiger partial charge is 0.341 e. The number of para-hydroxylation sites is 1. The summed E-state index contributed by atoms with van der Waals surface area (Å²) in [4.78, 5) is 35.0. The number of nitro benzene ring substituents is 1. The summed E-state index contributed by atoms with van der Waals surface area (Å²) in [6, 6.07) is 8.86. The number of anilines is 2. The van der Waals surface area contributed by atoms with Crippen molar-refractivity contribution in [1.82, 2.24) is 0 Å². The second-order valence-electron chi connectivity index (χ2n) is 5.71. The highest BCUT2D eigenvalue weighted by atomic mass is 16.6.